The molecule has 1 heterocycles. The van der Waals surface area contributed by atoms with Gasteiger partial charge in [0.25, 0.3) is 0 Å². The van der Waals surface area contributed by atoms with Crippen molar-refractivity contribution in [3.8, 4) is 11.5 Å². The summed E-state index contributed by atoms with van der Waals surface area (Å²) in [7, 11) is 0. The molecular formula is C20H19ClF3N3O2. The number of rotatable bonds is 7. The fraction of sp³-hybridized carbons (Fsp3) is 0.300. The fourth-order valence-corrected chi connectivity index (χ4v) is 3.29. The maximum atomic E-state index is 13.9. The Morgan fingerprint density at radius 2 is 1.76 bits per heavy atom. The van der Waals surface area contributed by atoms with E-state index in [1.165, 1.54) is 29.5 Å². The van der Waals surface area contributed by atoms with Gasteiger partial charge in [-0.1, -0.05) is 31.0 Å². The number of halogens is 4. The monoisotopic (exact) mass is 425 g/mol. The predicted octanol–water partition coefficient (Wildman–Crippen LogP) is 5.43. The zero-order valence-corrected chi connectivity index (χ0v) is 16.3. The van der Waals surface area contributed by atoms with Crippen LogP contribution >= 0.6 is 11.6 Å². The van der Waals surface area contributed by atoms with Crippen molar-refractivity contribution >= 4 is 11.6 Å². The highest BCUT2D eigenvalue weighted by Gasteiger charge is 2.41. The van der Waals surface area contributed by atoms with Crippen LogP contribution in [0.3, 0.4) is 0 Å². The average Bonchev–Trinajstić information content (AvgIpc) is 3.16. The molecule has 0 bridgehead atoms. The van der Waals surface area contributed by atoms with Crippen molar-refractivity contribution in [1.82, 2.24) is 14.8 Å². The molecule has 3 rings (SSSR count). The number of alkyl halides is 3. The Kier molecular flexibility index (Phi) is 6.14. The van der Waals surface area contributed by atoms with Gasteiger partial charge in [0, 0.05) is 5.02 Å². The third-order valence-corrected chi connectivity index (χ3v) is 4.65. The molecule has 0 amide bonds. The summed E-state index contributed by atoms with van der Waals surface area (Å²) in [4.78, 5) is 3.79. The summed E-state index contributed by atoms with van der Waals surface area (Å²) >= 11 is 5.82. The molecule has 0 fully saturated rings. The van der Waals surface area contributed by atoms with Crippen molar-refractivity contribution in [3.05, 3.63) is 71.3 Å². The lowest BCUT2D eigenvalue weighted by Crippen LogP contribution is -2.34. The summed E-state index contributed by atoms with van der Waals surface area (Å²) in [5.41, 5.74) is -2.96. The van der Waals surface area contributed by atoms with Crippen molar-refractivity contribution < 1.29 is 23.0 Å². The summed E-state index contributed by atoms with van der Waals surface area (Å²) in [5, 5.41) is 15.6. The molecule has 3 aromatic rings. The number of benzene rings is 2. The zero-order chi connectivity index (χ0) is 21.1. The SMILES string of the molecule is CCC[C@@](O)(Cn1cncn1)c1ccc(Oc2ccc(Cl)cc2)cc1C(F)(F)F. The number of ether oxygens (including phenoxy) is 1. The fourth-order valence-electron chi connectivity index (χ4n) is 3.16. The van der Waals surface area contributed by atoms with Crippen molar-refractivity contribution in [1.29, 1.82) is 0 Å². The number of hydrogen-bond donors (Lipinski definition) is 1. The third kappa shape index (κ3) is 5.07. The second-order valence-corrected chi connectivity index (χ2v) is 7.07. The van der Waals surface area contributed by atoms with Crippen molar-refractivity contribution in [3.63, 3.8) is 0 Å². The Labute approximate surface area is 170 Å². The molecule has 29 heavy (non-hydrogen) atoms. The quantitative estimate of drug-likeness (QED) is 0.548. The average molecular weight is 426 g/mol. The molecule has 1 atom stereocenters. The largest absolute Gasteiger partial charge is 0.457 e. The van der Waals surface area contributed by atoms with Gasteiger partial charge in [-0.05, 0) is 48.4 Å². The van der Waals surface area contributed by atoms with Crippen LogP contribution in [-0.4, -0.2) is 19.9 Å². The summed E-state index contributed by atoms with van der Waals surface area (Å²) in [6.07, 6.45) is -1.47. The van der Waals surface area contributed by atoms with Crippen LogP contribution in [0.25, 0.3) is 0 Å². The lowest BCUT2D eigenvalue weighted by molar-refractivity contribution is -0.141. The van der Waals surface area contributed by atoms with Gasteiger partial charge in [0.15, 0.2) is 0 Å². The van der Waals surface area contributed by atoms with Gasteiger partial charge in [-0.25, -0.2) is 9.67 Å². The molecule has 1 N–H and O–H groups in total. The summed E-state index contributed by atoms with van der Waals surface area (Å²) < 4.78 is 48.4. The van der Waals surface area contributed by atoms with Crippen LogP contribution in [0.1, 0.15) is 30.9 Å². The van der Waals surface area contributed by atoms with Gasteiger partial charge in [-0.15, -0.1) is 0 Å². The van der Waals surface area contributed by atoms with Crippen LogP contribution < -0.4 is 4.74 Å². The molecule has 0 aliphatic rings. The zero-order valence-electron chi connectivity index (χ0n) is 15.5. The standard InChI is InChI=1S/C20H19ClF3N3O2/c1-2-9-19(28,11-27-13-25-12-26-27)17-8-7-16(10-18(17)20(22,23)24)29-15-5-3-14(21)4-6-15/h3-8,10,12-13,28H,2,9,11H2,1H3/t19-/m1/s1. The van der Waals surface area contributed by atoms with Crippen molar-refractivity contribution in [2.24, 2.45) is 0 Å². The smallest absolute Gasteiger partial charge is 0.416 e. The molecule has 2 aromatic carbocycles. The summed E-state index contributed by atoms with van der Waals surface area (Å²) in [6.45, 7) is 1.64. The van der Waals surface area contributed by atoms with Crippen LogP contribution in [0.2, 0.25) is 5.02 Å². The molecule has 1 aromatic heterocycles. The molecular weight excluding hydrogens is 407 g/mol. The minimum absolute atomic E-state index is 0.00278. The van der Waals surface area contributed by atoms with Crippen molar-refractivity contribution in [2.75, 3.05) is 0 Å². The first kappa shape index (κ1) is 21.1. The lowest BCUT2D eigenvalue weighted by Gasteiger charge is -2.31. The van der Waals surface area contributed by atoms with E-state index in [-0.39, 0.29) is 24.3 Å². The van der Waals surface area contributed by atoms with E-state index < -0.39 is 17.3 Å². The Morgan fingerprint density at radius 3 is 2.34 bits per heavy atom. The van der Waals surface area contributed by atoms with E-state index in [1.807, 2.05) is 0 Å². The Morgan fingerprint density at radius 1 is 1.07 bits per heavy atom. The van der Waals surface area contributed by atoms with E-state index in [0.29, 0.717) is 17.2 Å². The first-order valence-electron chi connectivity index (χ1n) is 8.91. The van der Waals surface area contributed by atoms with E-state index in [9.17, 15) is 18.3 Å². The molecule has 0 aliphatic carbocycles. The van der Waals surface area contributed by atoms with E-state index in [1.54, 1.807) is 31.2 Å². The summed E-state index contributed by atoms with van der Waals surface area (Å²) in [5.74, 6) is 0.352. The third-order valence-electron chi connectivity index (χ3n) is 4.40. The maximum absolute atomic E-state index is 13.9. The lowest BCUT2D eigenvalue weighted by atomic mass is 9.85. The molecule has 0 spiro atoms. The molecule has 9 heteroatoms. The van der Waals surface area contributed by atoms with Gasteiger partial charge >= 0.3 is 6.18 Å². The van der Waals surface area contributed by atoms with Gasteiger partial charge in [0.1, 0.15) is 29.8 Å². The van der Waals surface area contributed by atoms with Gasteiger partial charge in [-0.3, -0.25) is 0 Å². The Bertz CT molecular complexity index is 947. The molecule has 154 valence electrons. The van der Waals surface area contributed by atoms with Crippen LogP contribution in [0, 0.1) is 0 Å². The van der Waals surface area contributed by atoms with Crippen LogP contribution in [0.4, 0.5) is 13.2 Å². The number of aromatic nitrogens is 3. The highest BCUT2D eigenvalue weighted by atomic mass is 35.5. The minimum Gasteiger partial charge on any atom is -0.457 e. The topological polar surface area (TPSA) is 60.2 Å². The van der Waals surface area contributed by atoms with Crippen LogP contribution in [0.5, 0.6) is 11.5 Å². The van der Waals surface area contributed by atoms with Crippen LogP contribution in [0.15, 0.2) is 55.1 Å². The number of aliphatic hydroxyl groups is 1. The first-order chi connectivity index (χ1) is 13.7. The summed E-state index contributed by atoms with van der Waals surface area (Å²) in [6, 6.07) is 9.82. The normalized spacial score (nSPS) is 13.9. The Hall–Kier alpha value is -2.58. The van der Waals surface area contributed by atoms with Gasteiger partial charge in [-0.2, -0.15) is 18.3 Å². The van der Waals surface area contributed by atoms with E-state index in [0.717, 1.165) is 6.07 Å². The Balaban J connectivity index is 2.01. The second-order valence-electron chi connectivity index (χ2n) is 6.64. The van der Waals surface area contributed by atoms with Gasteiger partial charge in [0.2, 0.25) is 0 Å². The molecule has 0 aliphatic heterocycles. The van der Waals surface area contributed by atoms with E-state index >= 15 is 0 Å². The number of hydrogen-bond acceptors (Lipinski definition) is 4. The highest BCUT2D eigenvalue weighted by Crippen LogP contribution is 2.41. The number of nitrogens with zero attached hydrogens (tertiary/aromatic N) is 3. The van der Waals surface area contributed by atoms with Gasteiger partial charge < -0.3 is 9.84 Å². The maximum Gasteiger partial charge on any atom is 0.416 e. The molecule has 0 radical (unpaired) electrons. The molecule has 0 saturated heterocycles. The molecule has 0 unspecified atom stereocenters. The van der Waals surface area contributed by atoms with E-state index in [2.05, 4.69) is 10.1 Å². The predicted molar refractivity (Wildman–Crippen MR) is 102 cm³/mol. The molecule has 0 saturated carbocycles. The van der Waals surface area contributed by atoms with E-state index in [4.69, 9.17) is 16.3 Å². The highest BCUT2D eigenvalue weighted by molar-refractivity contribution is 6.30. The van der Waals surface area contributed by atoms with Crippen LogP contribution in [-0.2, 0) is 18.3 Å². The molecule has 5 nitrogen and oxygen atoms in total. The van der Waals surface area contributed by atoms with Gasteiger partial charge in [0.05, 0.1) is 12.1 Å². The first-order valence-corrected chi connectivity index (χ1v) is 9.29. The minimum atomic E-state index is -4.68. The van der Waals surface area contributed by atoms with Crippen molar-refractivity contribution in [2.45, 2.75) is 38.1 Å². The second kappa shape index (κ2) is 8.42.